The van der Waals surface area contributed by atoms with Gasteiger partial charge in [0.15, 0.2) is 11.9 Å². The topological polar surface area (TPSA) is 194 Å². The summed E-state index contributed by atoms with van der Waals surface area (Å²) < 4.78 is 10.8. The maximum absolute atomic E-state index is 12.5. The molecule has 0 saturated carbocycles. The summed E-state index contributed by atoms with van der Waals surface area (Å²) in [5, 5.41) is 70.6. The fraction of sp³-hybridized carbons (Fsp3) is 0.304. The minimum absolute atomic E-state index is 0.0240. The summed E-state index contributed by atoms with van der Waals surface area (Å²) in [5.74, 6) is -4.06. The van der Waals surface area contributed by atoms with Crippen molar-refractivity contribution < 1.29 is 54.8 Å². The molecule has 0 amide bonds. The van der Waals surface area contributed by atoms with E-state index in [0.717, 1.165) is 19.1 Å². The lowest BCUT2D eigenvalue weighted by Crippen LogP contribution is -2.56. The summed E-state index contributed by atoms with van der Waals surface area (Å²) in [6, 6.07) is 6.60. The highest BCUT2D eigenvalue weighted by Crippen LogP contribution is 2.46. The quantitative estimate of drug-likeness (QED) is 0.174. The third kappa shape index (κ3) is 4.97. The van der Waals surface area contributed by atoms with Gasteiger partial charge in [-0.05, 0) is 30.7 Å². The SMILES string of the molecule is CC(=O)c1c(O)cc(O)c([C@@H]2O[C@H](CO)[C@@H](O)[C@H](O)[C@H]2OC(=O)/C=C/c2ccc(O)cc2)c1O. The zero-order valence-electron chi connectivity index (χ0n) is 17.9. The second-order valence-corrected chi connectivity index (χ2v) is 7.69. The maximum atomic E-state index is 12.5. The number of carbonyl (C=O) groups excluding carboxylic acids is 2. The average molecular weight is 476 g/mol. The van der Waals surface area contributed by atoms with E-state index in [1.54, 1.807) is 0 Å². The van der Waals surface area contributed by atoms with E-state index in [1.807, 2.05) is 0 Å². The van der Waals surface area contributed by atoms with Gasteiger partial charge in [-0.25, -0.2) is 4.79 Å². The fourth-order valence-corrected chi connectivity index (χ4v) is 3.66. The van der Waals surface area contributed by atoms with Crippen LogP contribution < -0.4 is 0 Å². The van der Waals surface area contributed by atoms with Crippen molar-refractivity contribution in [2.24, 2.45) is 0 Å². The molecule has 2 aromatic rings. The Kier molecular flexibility index (Phi) is 7.42. The molecule has 0 spiro atoms. The number of phenols is 4. The molecule has 0 unspecified atom stereocenters. The smallest absolute Gasteiger partial charge is 0.331 e. The third-order valence-corrected chi connectivity index (χ3v) is 5.36. The van der Waals surface area contributed by atoms with E-state index >= 15 is 0 Å². The molecule has 0 radical (unpaired) electrons. The van der Waals surface area contributed by atoms with Crippen LogP contribution in [0.2, 0.25) is 0 Å². The number of benzene rings is 2. The molecule has 2 aromatic carbocycles. The van der Waals surface area contributed by atoms with Gasteiger partial charge in [0, 0.05) is 12.1 Å². The number of hydrogen-bond donors (Lipinski definition) is 7. The Hall–Kier alpha value is -3.64. The standard InChI is InChI=1S/C23H24O11/c1-10(25)17-13(27)8-14(28)18(20(17)31)22-23(21(32)19(30)15(9-24)33-22)34-16(29)7-4-11-2-5-12(26)6-3-11/h2-8,15,19,21-24,26-28,30-32H,9H2,1H3/b7-4+/t15-,19-,21+,22+,23-/m1/s1. The molecular formula is C23H24O11. The van der Waals surface area contributed by atoms with Crippen molar-refractivity contribution in [3.63, 3.8) is 0 Å². The van der Waals surface area contributed by atoms with Crippen molar-refractivity contribution in [2.45, 2.75) is 37.4 Å². The lowest BCUT2D eigenvalue weighted by molar-refractivity contribution is -0.240. The molecule has 1 fully saturated rings. The molecule has 34 heavy (non-hydrogen) atoms. The number of Topliss-reactive ketones (excluding diaryl/α,β-unsaturated/α-hetero) is 1. The summed E-state index contributed by atoms with van der Waals surface area (Å²) in [5.41, 5.74) is -0.505. The highest BCUT2D eigenvalue weighted by atomic mass is 16.6. The van der Waals surface area contributed by atoms with Crippen LogP contribution in [0, 0.1) is 0 Å². The number of aliphatic hydroxyl groups is 3. The Morgan fingerprint density at radius 3 is 2.26 bits per heavy atom. The zero-order chi connectivity index (χ0) is 25.2. The van der Waals surface area contributed by atoms with Crippen molar-refractivity contribution in [1.29, 1.82) is 0 Å². The van der Waals surface area contributed by atoms with Crippen LogP contribution in [0.3, 0.4) is 0 Å². The number of aliphatic hydroxyl groups excluding tert-OH is 3. The lowest BCUT2D eigenvalue weighted by atomic mass is 9.88. The van der Waals surface area contributed by atoms with Crippen molar-refractivity contribution in [3.05, 3.63) is 53.1 Å². The van der Waals surface area contributed by atoms with Crippen molar-refractivity contribution in [2.75, 3.05) is 6.61 Å². The van der Waals surface area contributed by atoms with Gasteiger partial charge >= 0.3 is 5.97 Å². The molecule has 1 saturated heterocycles. The number of aromatic hydroxyl groups is 4. The fourth-order valence-electron chi connectivity index (χ4n) is 3.66. The molecule has 1 heterocycles. The molecule has 0 bridgehead atoms. The number of ketones is 1. The van der Waals surface area contributed by atoms with Crippen LogP contribution in [-0.2, 0) is 14.3 Å². The summed E-state index contributed by atoms with van der Waals surface area (Å²) in [7, 11) is 0. The number of carbonyl (C=O) groups is 2. The number of ether oxygens (including phenoxy) is 2. The van der Waals surface area contributed by atoms with Crippen LogP contribution in [0.1, 0.15) is 34.5 Å². The summed E-state index contributed by atoms with van der Waals surface area (Å²) >= 11 is 0. The van der Waals surface area contributed by atoms with Crippen LogP contribution >= 0.6 is 0 Å². The van der Waals surface area contributed by atoms with E-state index in [0.29, 0.717) is 5.56 Å². The predicted octanol–water partition coefficient (Wildman–Crippen LogP) is 0.491. The molecule has 5 atom stereocenters. The second-order valence-electron chi connectivity index (χ2n) is 7.69. The molecule has 0 aromatic heterocycles. The van der Waals surface area contributed by atoms with Crippen LogP contribution in [0.5, 0.6) is 23.0 Å². The van der Waals surface area contributed by atoms with Gasteiger partial charge in [-0.1, -0.05) is 12.1 Å². The van der Waals surface area contributed by atoms with Gasteiger partial charge in [0.1, 0.15) is 53.0 Å². The van der Waals surface area contributed by atoms with Crippen molar-refractivity contribution >= 4 is 17.8 Å². The Labute approximate surface area is 193 Å². The van der Waals surface area contributed by atoms with Crippen LogP contribution in [0.15, 0.2) is 36.4 Å². The normalized spacial score (nSPS) is 24.8. The Balaban J connectivity index is 1.98. The predicted molar refractivity (Wildman–Crippen MR) is 115 cm³/mol. The highest BCUT2D eigenvalue weighted by molar-refractivity contribution is 6.00. The van der Waals surface area contributed by atoms with Crippen LogP contribution in [0.4, 0.5) is 0 Å². The van der Waals surface area contributed by atoms with E-state index in [2.05, 4.69) is 0 Å². The largest absolute Gasteiger partial charge is 0.508 e. The first-order valence-corrected chi connectivity index (χ1v) is 10.1. The van der Waals surface area contributed by atoms with E-state index in [-0.39, 0.29) is 5.75 Å². The molecule has 11 nitrogen and oxygen atoms in total. The van der Waals surface area contributed by atoms with E-state index in [4.69, 9.17) is 9.47 Å². The van der Waals surface area contributed by atoms with Crippen molar-refractivity contribution in [3.8, 4) is 23.0 Å². The molecule has 1 aliphatic rings. The van der Waals surface area contributed by atoms with Gasteiger partial charge in [0.25, 0.3) is 0 Å². The molecule has 3 rings (SSSR count). The molecule has 7 N–H and O–H groups in total. The molecular weight excluding hydrogens is 452 g/mol. The number of phenolic OH excluding ortho intramolecular Hbond substituents is 4. The Morgan fingerprint density at radius 1 is 1.03 bits per heavy atom. The number of esters is 1. The average Bonchev–Trinajstić information content (AvgIpc) is 2.77. The highest BCUT2D eigenvalue weighted by Gasteiger charge is 2.49. The van der Waals surface area contributed by atoms with Gasteiger partial charge in [0.05, 0.1) is 12.2 Å². The van der Waals surface area contributed by atoms with E-state index in [1.165, 1.54) is 30.3 Å². The minimum atomic E-state index is -1.82. The van der Waals surface area contributed by atoms with Gasteiger partial charge in [-0.3, -0.25) is 4.79 Å². The van der Waals surface area contributed by atoms with Gasteiger partial charge < -0.3 is 45.2 Å². The number of hydrogen-bond acceptors (Lipinski definition) is 11. The monoisotopic (exact) mass is 476 g/mol. The maximum Gasteiger partial charge on any atom is 0.331 e. The first-order chi connectivity index (χ1) is 16.0. The molecule has 0 aliphatic carbocycles. The van der Waals surface area contributed by atoms with E-state index in [9.17, 15) is 45.3 Å². The summed E-state index contributed by atoms with van der Waals surface area (Å²) in [6.07, 6.45) is -5.90. The molecule has 1 aliphatic heterocycles. The lowest BCUT2D eigenvalue weighted by Gasteiger charge is -2.42. The molecule has 11 heteroatoms. The molecule has 182 valence electrons. The van der Waals surface area contributed by atoms with Crippen LogP contribution in [-0.4, -0.2) is 78.5 Å². The first kappa shape index (κ1) is 25.0. The zero-order valence-corrected chi connectivity index (χ0v) is 17.9. The second kappa shape index (κ2) is 10.1. The van der Waals surface area contributed by atoms with Gasteiger partial charge in [-0.2, -0.15) is 0 Å². The van der Waals surface area contributed by atoms with Gasteiger partial charge in [0.2, 0.25) is 0 Å². The Morgan fingerprint density at radius 2 is 1.68 bits per heavy atom. The van der Waals surface area contributed by atoms with E-state index < -0.39 is 77.3 Å². The third-order valence-electron chi connectivity index (χ3n) is 5.36. The van der Waals surface area contributed by atoms with Gasteiger partial charge in [-0.15, -0.1) is 0 Å². The van der Waals surface area contributed by atoms with Crippen LogP contribution in [0.25, 0.3) is 6.08 Å². The Bertz CT molecular complexity index is 1090. The summed E-state index contributed by atoms with van der Waals surface area (Å²) in [4.78, 5) is 24.3. The minimum Gasteiger partial charge on any atom is -0.508 e. The summed E-state index contributed by atoms with van der Waals surface area (Å²) in [6.45, 7) is 0.285. The number of rotatable bonds is 6. The van der Waals surface area contributed by atoms with Crippen molar-refractivity contribution in [1.82, 2.24) is 0 Å². The first-order valence-electron chi connectivity index (χ1n) is 10.1.